The van der Waals surface area contributed by atoms with Crippen molar-refractivity contribution in [1.82, 2.24) is 20.1 Å². The number of methoxy groups -OCH3 is 1. The molecular weight excluding hydrogens is 318 g/mol. The number of carbonyl (C=O) groups excluding carboxylic acids is 1. The second-order valence-corrected chi connectivity index (χ2v) is 5.99. The number of hydrogen-bond acceptors (Lipinski definition) is 5. The molecule has 0 aromatic carbocycles. The molecule has 7 nitrogen and oxygen atoms in total. The van der Waals surface area contributed by atoms with E-state index in [0.717, 1.165) is 48.8 Å². The molecule has 1 aliphatic heterocycles. The van der Waals surface area contributed by atoms with Crippen LogP contribution in [-0.4, -0.2) is 40.9 Å². The highest BCUT2D eigenvalue weighted by atomic mass is 16.5. The van der Waals surface area contributed by atoms with Crippen molar-refractivity contribution in [3.63, 3.8) is 0 Å². The Morgan fingerprint density at radius 3 is 3.04 bits per heavy atom. The minimum absolute atomic E-state index is 0.0632. The van der Waals surface area contributed by atoms with Gasteiger partial charge in [0.05, 0.1) is 24.5 Å². The van der Waals surface area contributed by atoms with E-state index >= 15 is 0 Å². The van der Waals surface area contributed by atoms with E-state index < -0.39 is 0 Å². The molecule has 3 rings (SSSR count). The summed E-state index contributed by atoms with van der Waals surface area (Å²) in [5, 5.41) is 7.40. The number of amides is 1. The van der Waals surface area contributed by atoms with E-state index in [1.54, 1.807) is 6.08 Å². The Morgan fingerprint density at radius 1 is 1.44 bits per heavy atom. The first-order valence-corrected chi connectivity index (χ1v) is 8.34. The van der Waals surface area contributed by atoms with Crippen molar-refractivity contribution < 1.29 is 9.53 Å². The number of rotatable bonds is 6. The molecule has 1 N–H and O–H groups in total. The van der Waals surface area contributed by atoms with Gasteiger partial charge in [0.1, 0.15) is 12.4 Å². The topological polar surface area (TPSA) is 72.3 Å². The summed E-state index contributed by atoms with van der Waals surface area (Å²) in [5.41, 5.74) is 3.00. The van der Waals surface area contributed by atoms with Crippen molar-refractivity contribution >= 4 is 17.8 Å². The van der Waals surface area contributed by atoms with Gasteiger partial charge in [0, 0.05) is 26.4 Å². The van der Waals surface area contributed by atoms with Crippen LogP contribution in [0.4, 0.5) is 5.82 Å². The van der Waals surface area contributed by atoms with Crippen molar-refractivity contribution in [3.8, 4) is 0 Å². The van der Waals surface area contributed by atoms with Crippen LogP contribution in [0.2, 0.25) is 0 Å². The predicted octanol–water partition coefficient (Wildman–Crippen LogP) is 1.59. The summed E-state index contributed by atoms with van der Waals surface area (Å²) >= 11 is 0. The van der Waals surface area contributed by atoms with Gasteiger partial charge >= 0.3 is 0 Å². The van der Waals surface area contributed by atoms with Gasteiger partial charge in [-0.15, -0.1) is 0 Å². The van der Waals surface area contributed by atoms with E-state index in [4.69, 9.17) is 4.74 Å². The van der Waals surface area contributed by atoms with Gasteiger partial charge in [0.2, 0.25) is 5.91 Å². The Kier molecular flexibility index (Phi) is 5.45. The van der Waals surface area contributed by atoms with E-state index in [2.05, 4.69) is 26.9 Å². The minimum Gasteiger partial charge on any atom is -0.375 e. The summed E-state index contributed by atoms with van der Waals surface area (Å²) in [7, 11) is 1.50. The fourth-order valence-electron chi connectivity index (χ4n) is 2.88. The Labute approximate surface area is 147 Å². The highest BCUT2D eigenvalue weighted by molar-refractivity contribution is 5.77. The van der Waals surface area contributed by atoms with E-state index in [0.29, 0.717) is 6.54 Å². The molecule has 0 bridgehead atoms. The number of aryl methyl sites for hydroxylation is 1. The maximum atomic E-state index is 11.5. The molecule has 7 heteroatoms. The minimum atomic E-state index is -0.140. The number of anilines is 1. The molecule has 25 heavy (non-hydrogen) atoms. The normalized spacial score (nSPS) is 13.9. The van der Waals surface area contributed by atoms with Crippen LogP contribution in [0, 0.1) is 0 Å². The van der Waals surface area contributed by atoms with Crippen molar-refractivity contribution in [1.29, 1.82) is 0 Å². The summed E-state index contributed by atoms with van der Waals surface area (Å²) < 4.78 is 6.84. The van der Waals surface area contributed by atoms with Gasteiger partial charge in [0.25, 0.3) is 0 Å². The van der Waals surface area contributed by atoms with Gasteiger partial charge in [-0.05, 0) is 30.2 Å². The molecule has 2 aromatic heterocycles. The standard InChI is InChI=1S/C18H23N5O2/c1-3-14-5-6-17(19-10-14)22-7-4-8-23-16(12-22)9-15(21-23)11-20-18(24)13-25-2/h3,5-6,9-10H,1,4,7-8,11-13H2,2H3,(H,20,24). The van der Waals surface area contributed by atoms with E-state index in [9.17, 15) is 4.79 Å². The summed E-state index contributed by atoms with van der Waals surface area (Å²) in [5.74, 6) is 0.814. The van der Waals surface area contributed by atoms with Crippen molar-refractivity contribution in [3.05, 3.63) is 47.9 Å². The van der Waals surface area contributed by atoms with Crippen LogP contribution < -0.4 is 10.2 Å². The summed E-state index contributed by atoms with van der Waals surface area (Å²) in [6, 6.07) is 6.09. The quantitative estimate of drug-likeness (QED) is 0.864. The zero-order chi connectivity index (χ0) is 17.6. The number of nitrogens with zero attached hydrogens (tertiary/aromatic N) is 4. The van der Waals surface area contributed by atoms with Gasteiger partial charge in [0.15, 0.2) is 0 Å². The van der Waals surface area contributed by atoms with Gasteiger partial charge < -0.3 is 15.0 Å². The van der Waals surface area contributed by atoms with E-state index in [1.165, 1.54) is 7.11 Å². The van der Waals surface area contributed by atoms with Crippen LogP contribution >= 0.6 is 0 Å². The van der Waals surface area contributed by atoms with Crippen LogP contribution in [-0.2, 0) is 29.2 Å². The SMILES string of the molecule is C=Cc1ccc(N2CCCn3nc(CNC(=O)COC)cc3C2)nc1. The maximum Gasteiger partial charge on any atom is 0.246 e. The summed E-state index contributed by atoms with van der Waals surface area (Å²) in [6.45, 7) is 6.78. The van der Waals surface area contributed by atoms with Gasteiger partial charge in [-0.25, -0.2) is 4.98 Å². The molecule has 0 spiro atoms. The summed E-state index contributed by atoms with van der Waals surface area (Å²) in [4.78, 5) is 18.3. The second-order valence-electron chi connectivity index (χ2n) is 5.99. The Bertz CT molecular complexity index is 738. The fraction of sp³-hybridized carbons (Fsp3) is 0.389. The van der Waals surface area contributed by atoms with E-state index in [-0.39, 0.29) is 12.5 Å². The largest absolute Gasteiger partial charge is 0.375 e. The molecule has 0 saturated heterocycles. The molecule has 0 unspecified atom stereocenters. The Morgan fingerprint density at radius 2 is 2.32 bits per heavy atom. The third-order valence-electron chi connectivity index (χ3n) is 4.14. The lowest BCUT2D eigenvalue weighted by molar-refractivity contribution is -0.124. The molecule has 0 fully saturated rings. The van der Waals surface area contributed by atoms with Crippen molar-refractivity contribution in [2.24, 2.45) is 0 Å². The lowest BCUT2D eigenvalue weighted by Crippen LogP contribution is -2.26. The van der Waals surface area contributed by atoms with Gasteiger partial charge in [-0.3, -0.25) is 9.48 Å². The molecule has 0 saturated carbocycles. The van der Waals surface area contributed by atoms with Crippen LogP contribution in [0.3, 0.4) is 0 Å². The van der Waals surface area contributed by atoms with Crippen LogP contribution in [0.15, 0.2) is 31.0 Å². The molecule has 0 aliphatic carbocycles. The molecular formula is C18H23N5O2. The van der Waals surface area contributed by atoms with Gasteiger partial charge in [-0.2, -0.15) is 5.10 Å². The Balaban J connectivity index is 1.69. The lowest BCUT2D eigenvalue weighted by Gasteiger charge is -2.21. The van der Waals surface area contributed by atoms with E-state index in [1.807, 2.05) is 29.1 Å². The smallest absolute Gasteiger partial charge is 0.246 e. The first kappa shape index (κ1) is 17.2. The average molecular weight is 341 g/mol. The number of nitrogens with one attached hydrogen (secondary N) is 1. The molecule has 2 aromatic rings. The number of fused-ring (bicyclic) bond motifs is 1. The lowest BCUT2D eigenvalue weighted by atomic mass is 10.2. The molecule has 3 heterocycles. The zero-order valence-electron chi connectivity index (χ0n) is 14.4. The average Bonchev–Trinajstić information content (AvgIpc) is 2.90. The fourth-order valence-corrected chi connectivity index (χ4v) is 2.88. The number of pyridine rings is 1. The van der Waals surface area contributed by atoms with Crippen molar-refractivity contribution in [2.45, 2.75) is 26.1 Å². The third kappa shape index (κ3) is 4.24. The molecule has 0 atom stereocenters. The predicted molar refractivity (Wildman–Crippen MR) is 95.9 cm³/mol. The van der Waals surface area contributed by atoms with Crippen LogP contribution in [0.1, 0.15) is 23.4 Å². The zero-order valence-corrected chi connectivity index (χ0v) is 14.4. The first-order chi connectivity index (χ1) is 12.2. The van der Waals surface area contributed by atoms with Crippen LogP contribution in [0.25, 0.3) is 6.08 Å². The summed E-state index contributed by atoms with van der Waals surface area (Å²) in [6.07, 6.45) is 4.62. The molecule has 132 valence electrons. The van der Waals surface area contributed by atoms with Crippen LogP contribution in [0.5, 0.6) is 0 Å². The molecule has 0 radical (unpaired) electrons. The van der Waals surface area contributed by atoms with Crippen molar-refractivity contribution in [2.75, 3.05) is 25.2 Å². The first-order valence-electron chi connectivity index (χ1n) is 8.34. The number of aromatic nitrogens is 3. The third-order valence-corrected chi connectivity index (χ3v) is 4.14. The number of hydrogen-bond donors (Lipinski definition) is 1. The number of ether oxygens (including phenoxy) is 1. The monoisotopic (exact) mass is 341 g/mol. The molecule has 1 aliphatic rings. The van der Waals surface area contributed by atoms with Gasteiger partial charge in [-0.1, -0.05) is 12.7 Å². The Hall–Kier alpha value is -2.67. The second kappa shape index (κ2) is 7.94. The molecule has 1 amide bonds. The maximum absolute atomic E-state index is 11.5. The highest BCUT2D eigenvalue weighted by Gasteiger charge is 2.18. The highest BCUT2D eigenvalue weighted by Crippen LogP contribution is 2.20. The number of carbonyl (C=O) groups is 1.